The number of methoxy groups -OCH3 is 1. The molecule has 0 spiro atoms. The number of halogens is 1. The number of hydrogen-bond donors (Lipinski definition) is 2. The van der Waals surface area contributed by atoms with E-state index in [1.54, 1.807) is 0 Å². The SMILES string of the molecule is COc1ncc(N(Cc2cc(C#N)n[nH]2)C(=O)Nc2ccc(N=C=O)c(Cl)c2)cn1. The lowest BCUT2D eigenvalue weighted by atomic mass is 10.3. The van der Waals surface area contributed by atoms with Gasteiger partial charge in [0.15, 0.2) is 5.69 Å². The maximum absolute atomic E-state index is 13.0. The van der Waals surface area contributed by atoms with Gasteiger partial charge in [0.1, 0.15) is 6.07 Å². The Balaban J connectivity index is 1.87. The van der Waals surface area contributed by atoms with Crippen LogP contribution in [0.15, 0.2) is 41.7 Å². The number of rotatable bonds is 6. The summed E-state index contributed by atoms with van der Waals surface area (Å²) in [7, 11) is 1.43. The largest absolute Gasteiger partial charge is 0.467 e. The first-order valence-electron chi connectivity index (χ1n) is 8.30. The van der Waals surface area contributed by atoms with Crippen LogP contribution in [0.25, 0.3) is 0 Å². The summed E-state index contributed by atoms with van der Waals surface area (Å²) in [5.74, 6) is 0. The molecule has 0 aliphatic heterocycles. The number of isocyanates is 1. The van der Waals surface area contributed by atoms with Gasteiger partial charge in [0.25, 0.3) is 0 Å². The van der Waals surface area contributed by atoms with Gasteiger partial charge >= 0.3 is 12.0 Å². The van der Waals surface area contributed by atoms with Crippen molar-refractivity contribution < 1.29 is 14.3 Å². The zero-order chi connectivity index (χ0) is 21.5. The van der Waals surface area contributed by atoms with E-state index in [0.717, 1.165) is 0 Å². The van der Waals surface area contributed by atoms with Gasteiger partial charge in [-0.05, 0) is 24.3 Å². The average molecular weight is 425 g/mol. The zero-order valence-corrected chi connectivity index (χ0v) is 16.2. The molecule has 0 radical (unpaired) electrons. The van der Waals surface area contributed by atoms with Crippen LogP contribution in [0, 0.1) is 11.3 Å². The number of aromatic amines is 1. The molecule has 3 rings (SSSR count). The van der Waals surface area contributed by atoms with Crippen molar-refractivity contribution in [2.75, 3.05) is 17.3 Å². The van der Waals surface area contributed by atoms with E-state index in [2.05, 4.69) is 30.5 Å². The molecule has 2 aromatic heterocycles. The first kappa shape index (κ1) is 20.5. The lowest BCUT2D eigenvalue weighted by Gasteiger charge is -2.22. The number of anilines is 2. The van der Waals surface area contributed by atoms with Gasteiger partial charge in [-0.3, -0.25) is 10.00 Å². The minimum atomic E-state index is -0.528. The summed E-state index contributed by atoms with van der Waals surface area (Å²) in [4.78, 5) is 36.2. The Morgan fingerprint density at radius 1 is 1.37 bits per heavy atom. The number of ether oxygens (including phenoxy) is 1. The lowest BCUT2D eigenvalue weighted by Crippen LogP contribution is -2.34. The number of hydrogen-bond acceptors (Lipinski definition) is 8. The van der Waals surface area contributed by atoms with Gasteiger partial charge in [0, 0.05) is 5.69 Å². The molecular weight excluding hydrogens is 412 g/mol. The second-order valence-electron chi connectivity index (χ2n) is 5.70. The van der Waals surface area contributed by atoms with Crippen LogP contribution in [0.1, 0.15) is 11.4 Å². The van der Waals surface area contributed by atoms with Gasteiger partial charge in [-0.1, -0.05) is 11.6 Å². The molecule has 0 atom stereocenters. The highest BCUT2D eigenvalue weighted by Gasteiger charge is 2.19. The minimum Gasteiger partial charge on any atom is -0.467 e. The number of amides is 2. The molecule has 0 saturated carbocycles. The number of aliphatic imine (C=N–C) groups is 1. The minimum absolute atomic E-state index is 0.0530. The molecule has 0 bridgehead atoms. The predicted molar refractivity (Wildman–Crippen MR) is 106 cm³/mol. The van der Waals surface area contributed by atoms with Gasteiger partial charge in [-0.2, -0.15) is 15.4 Å². The fraction of sp³-hybridized carbons (Fsp3) is 0.111. The number of nitriles is 1. The molecule has 0 unspecified atom stereocenters. The van der Waals surface area contributed by atoms with E-state index in [1.807, 2.05) is 6.07 Å². The molecule has 3 aromatic rings. The number of nitrogens with one attached hydrogen (secondary N) is 2. The summed E-state index contributed by atoms with van der Waals surface area (Å²) in [6.07, 6.45) is 4.24. The zero-order valence-electron chi connectivity index (χ0n) is 15.5. The summed E-state index contributed by atoms with van der Waals surface area (Å²) in [5.41, 5.74) is 1.68. The maximum Gasteiger partial charge on any atom is 0.326 e. The Morgan fingerprint density at radius 3 is 2.73 bits per heavy atom. The van der Waals surface area contributed by atoms with E-state index in [-0.39, 0.29) is 29.0 Å². The third-order valence-corrected chi connectivity index (χ3v) is 4.10. The second-order valence-corrected chi connectivity index (χ2v) is 6.11. The highest BCUT2D eigenvalue weighted by Crippen LogP contribution is 2.28. The van der Waals surface area contributed by atoms with Crippen LogP contribution in [0.3, 0.4) is 0 Å². The average Bonchev–Trinajstić information content (AvgIpc) is 3.22. The number of nitrogens with zero attached hydrogens (tertiary/aromatic N) is 6. The van der Waals surface area contributed by atoms with Crippen molar-refractivity contribution in [1.82, 2.24) is 20.2 Å². The molecule has 1 aromatic carbocycles. The van der Waals surface area contributed by atoms with Crippen LogP contribution >= 0.6 is 11.6 Å². The molecule has 2 N–H and O–H groups in total. The highest BCUT2D eigenvalue weighted by atomic mass is 35.5. The number of benzene rings is 1. The van der Waals surface area contributed by atoms with Crippen molar-refractivity contribution in [2.45, 2.75) is 6.54 Å². The Kier molecular flexibility index (Phi) is 6.34. The third kappa shape index (κ3) is 4.77. The summed E-state index contributed by atoms with van der Waals surface area (Å²) in [5, 5.41) is 18.3. The Labute approximate surface area is 175 Å². The molecule has 2 amide bonds. The molecule has 0 aliphatic rings. The number of aromatic nitrogens is 4. The van der Waals surface area contributed by atoms with Crippen LogP contribution < -0.4 is 15.0 Å². The van der Waals surface area contributed by atoms with Crippen molar-refractivity contribution in [3.05, 3.63) is 53.1 Å². The van der Waals surface area contributed by atoms with E-state index < -0.39 is 6.03 Å². The number of carbonyl (C=O) groups excluding carboxylic acids is 2. The fourth-order valence-electron chi connectivity index (χ4n) is 2.42. The van der Waals surface area contributed by atoms with Crippen LogP contribution in [0.5, 0.6) is 6.01 Å². The summed E-state index contributed by atoms with van der Waals surface area (Å²) >= 11 is 6.05. The van der Waals surface area contributed by atoms with Crippen molar-refractivity contribution in [3.8, 4) is 12.1 Å². The number of carbonyl (C=O) groups is 1. The van der Waals surface area contributed by atoms with Gasteiger partial charge < -0.3 is 10.1 Å². The van der Waals surface area contributed by atoms with Crippen molar-refractivity contribution in [3.63, 3.8) is 0 Å². The Morgan fingerprint density at radius 2 is 2.13 bits per heavy atom. The topological polar surface area (TPSA) is 149 Å². The molecule has 12 heteroatoms. The second kappa shape index (κ2) is 9.29. The molecule has 30 heavy (non-hydrogen) atoms. The van der Waals surface area contributed by atoms with Crippen molar-refractivity contribution >= 4 is 40.8 Å². The molecule has 0 aliphatic carbocycles. The smallest absolute Gasteiger partial charge is 0.326 e. The van der Waals surface area contributed by atoms with E-state index in [4.69, 9.17) is 21.6 Å². The van der Waals surface area contributed by atoms with Crippen LogP contribution in [0.4, 0.5) is 21.9 Å². The predicted octanol–water partition coefficient (Wildman–Crippen LogP) is 2.94. The van der Waals surface area contributed by atoms with Crippen molar-refractivity contribution in [1.29, 1.82) is 5.26 Å². The third-order valence-electron chi connectivity index (χ3n) is 3.79. The molecule has 0 saturated heterocycles. The molecule has 150 valence electrons. The van der Waals surface area contributed by atoms with Gasteiger partial charge in [-0.15, -0.1) is 0 Å². The lowest BCUT2D eigenvalue weighted by molar-refractivity contribution is 0.256. The van der Waals surface area contributed by atoms with E-state index in [1.165, 1.54) is 54.7 Å². The fourth-order valence-corrected chi connectivity index (χ4v) is 2.64. The van der Waals surface area contributed by atoms with Gasteiger partial charge in [0.05, 0.1) is 48.1 Å². The first-order chi connectivity index (χ1) is 14.5. The van der Waals surface area contributed by atoms with Gasteiger partial charge in [0.2, 0.25) is 6.08 Å². The van der Waals surface area contributed by atoms with Gasteiger partial charge in [-0.25, -0.2) is 19.6 Å². The van der Waals surface area contributed by atoms with E-state index in [9.17, 15) is 9.59 Å². The summed E-state index contributed by atoms with van der Waals surface area (Å²) in [6, 6.07) is 7.50. The summed E-state index contributed by atoms with van der Waals surface area (Å²) in [6.45, 7) is 0.0530. The normalized spacial score (nSPS) is 9.90. The van der Waals surface area contributed by atoms with Crippen LogP contribution in [-0.2, 0) is 11.3 Å². The standard InChI is InChI=1S/C18H13ClN8O3/c1-30-17-21-7-14(8-22-17)27(9-13-4-12(6-20)25-26-13)18(29)24-11-2-3-16(23-10-28)15(19)5-11/h2-5,7-8H,9H2,1H3,(H,24,29)(H,25,26). The highest BCUT2D eigenvalue weighted by molar-refractivity contribution is 6.33. The molecular formula is C18H13ClN8O3. The van der Waals surface area contributed by atoms with Crippen molar-refractivity contribution in [2.24, 2.45) is 4.99 Å². The maximum atomic E-state index is 13.0. The number of H-pyrrole nitrogens is 1. The van der Waals surface area contributed by atoms with E-state index >= 15 is 0 Å². The Hall–Kier alpha value is -4.26. The quantitative estimate of drug-likeness (QED) is 0.456. The molecule has 0 fully saturated rings. The summed E-state index contributed by atoms with van der Waals surface area (Å²) < 4.78 is 4.94. The van der Waals surface area contributed by atoms with Crippen LogP contribution in [-0.4, -0.2) is 39.4 Å². The Bertz CT molecular complexity index is 1150. The molecule has 2 heterocycles. The van der Waals surface area contributed by atoms with E-state index in [0.29, 0.717) is 17.1 Å². The monoisotopic (exact) mass is 424 g/mol. The molecule has 11 nitrogen and oxygen atoms in total. The number of urea groups is 1. The first-order valence-corrected chi connectivity index (χ1v) is 8.68. The van der Waals surface area contributed by atoms with Crippen LogP contribution in [0.2, 0.25) is 5.02 Å².